The van der Waals surface area contributed by atoms with Gasteiger partial charge in [-0.3, -0.25) is 9.89 Å². The van der Waals surface area contributed by atoms with Crippen LogP contribution in [0.2, 0.25) is 0 Å². The third-order valence-electron chi connectivity index (χ3n) is 2.52. The molecule has 5 nitrogen and oxygen atoms in total. The van der Waals surface area contributed by atoms with E-state index in [0.29, 0.717) is 17.5 Å². The summed E-state index contributed by atoms with van der Waals surface area (Å²) in [5.41, 5.74) is 2.21. The minimum absolute atomic E-state index is 0.196. The van der Waals surface area contributed by atoms with Gasteiger partial charge in [0.1, 0.15) is 5.75 Å². The number of carbonyl (C=O) groups is 1. The summed E-state index contributed by atoms with van der Waals surface area (Å²) in [6.07, 6.45) is 3.03. The van der Waals surface area contributed by atoms with Crippen LogP contribution >= 0.6 is 15.9 Å². The summed E-state index contributed by atoms with van der Waals surface area (Å²) < 4.78 is 5.50. The molecule has 2 N–H and O–H groups in total. The largest absolute Gasteiger partial charge is 0.494 e. The van der Waals surface area contributed by atoms with Gasteiger partial charge in [-0.2, -0.15) is 5.10 Å². The predicted octanol–water partition coefficient (Wildman–Crippen LogP) is 2.96. The Bertz CT molecular complexity index is 555. The van der Waals surface area contributed by atoms with E-state index in [-0.39, 0.29) is 5.91 Å². The van der Waals surface area contributed by atoms with Crippen molar-refractivity contribution in [2.75, 3.05) is 11.9 Å². The van der Waals surface area contributed by atoms with E-state index in [1.54, 1.807) is 6.20 Å². The average molecular weight is 324 g/mol. The number of benzene rings is 1. The Morgan fingerprint density at radius 1 is 1.53 bits per heavy atom. The number of ether oxygens (including phenoxy) is 1. The zero-order chi connectivity index (χ0) is 13.7. The summed E-state index contributed by atoms with van der Waals surface area (Å²) in [5.74, 6) is 0.624. The Hall–Kier alpha value is -1.82. The molecule has 1 heterocycles. The number of aromatic nitrogens is 2. The molecule has 0 atom stereocenters. The highest BCUT2D eigenvalue weighted by Gasteiger charge is 2.09. The van der Waals surface area contributed by atoms with Gasteiger partial charge in [-0.15, -0.1) is 0 Å². The maximum atomic E-state index is 11.9. The summed E-state index contributed by atoms with van der Waals surface area (Å²) in [4.78, 5) is 11.9. The van der Waals surface area contributed by atoms with Gasteiger partial charge >= 0.3 is 0 Å². The highest BCUT2D eigenvalue weighted by atomic mass is 79.9. The lowest BCUT2D eigenvalue weighted by Crippen LogP contribution is -2.11. The molecule has 1 aromatic heterocycles. The molecule has 1 amide bonds. The first kappa shape index (κ1) is 13.6. The second-order valence-electron chi connectivity index (χ2n) is 3.83. The molecule has 0 spiro atoms. The summed E-state index contributed by atoms with van der Waals surface area (Å²) in [6, 6.07) is 5.55. The van der Waals surface area contributed by atoms with Gasteiger partial charge in [0.2, 0.25) is 0 Å². The molecule has 0 aliphatic heterocycles. The Labute approximate surface area is 119 Å². The molecule has 0 saturated carbocycles. The van der Waals surface area contributed by atoms with Crippen LogP contribution in [0, 0.1) is 0 Å². The van der Waals surface area contributed by atoms with Crippen molar-refractivity contribution < 1.29 is 9.53 Å². The minimum Gasteiger partial charge on any atom is -0.494 e. The number of nitrogens with zero attached hydrogens (tertiary/aromatic N) is 1. The van der Waals surface area contributed by atoms with Gasteiger partial charge in [-0.25, -0.2) is 0 Å². The molecular weight excluding hydrogens is 310 g/mol. The van der Waals surface area contributed by atoms with E-state index in [2.05, 4.69) is 31.4 Å². The maximum absolute atomic E-state index is 11.9. The third-order valence-corrected chi connectivity index (χ3v) is 3.13. The molecule has 2 aromatic rings. The number of halogens is 1. The van der Waals surface area contributed by atoms with Gasteiger partial charge in [0.05, 0.1) is 18.4 Å². The molecule has 0 fully saturated rings. The molecule has 1 aromatic carbocycles. The number of nitrogens with one attached hydrogen (secondary N) is 2. The number of alkyl halides is 1. The first-order valence-electron chi connectivity index (χ1n) is 5.86. The zero-order valence-corrected chi connectivity index (χ0v) is 12.0. The van der Waals surface area contributed by atoms with Gasteiger partial charge in [0.15, 0.2) is 0 Å². The first-order valence-corrected chi connectivity index (χ1v) is 6.98. The van der Waals surface area contributed by atoms with Crippen LogP contribution in [-0.2, 0) is 5.33 Å². The van der Waals surface area contributed by atoms with Gasteiger partial charge in [-0.1, -0.05) is 15.9 Å². The quantitative estimate of drug-likeness (QED) is 0.831. The van der Waals surface area contributed by atoms with E-state index in [0.717, 1.165) is 17.0 Å². The number of hydrogen-bond donors (Lipinski definition) is 2. The molecule has 0 radical (unpaired) electrons. The van der Waals surface area contributed by atoms with Crippen LogP contribution in [0.15, 0.2) is 30.6 Å². The van der Waals surface area contributed by atoms with Crippen LogP contribution in [0.3, 0.4) is 0 Å². The van der Waals surface area contributed by atoms with E-state index in [4.69, 9.17) is 4.74 Å². The van der Waals surface area contributed by atoms with Gasteiger partial charge < -0.3 is 10.1 Å². The molecule has 6 heteroatoms. The van der Waals surface area contributed by atoms with E-state index in [1.165, 1.54) is 6.20 Å². The lowest BCUT2D eigenvalue weighted by atomic mass is 10.2. The standard InChI is InChI=1S/C13H14BrN3O2/c1-2-19-12-4-3-11(5-9(12)6-14)17-13(18)10-7-15-16-8-10/h3-5,7-8H,2,6H2,1H3,(H,15,16)(H,17,18). The zero-order valence-electron chi connectivity index (χ0n) is 10.4. The number of aromatic amines is 1. The lowest BCUT2D eigenvalue weighted by Gasteiger charge is -2.11. The fourth-order valence-electron chi connectivity index (χ4n) is 1.64. The van der Waals surface area contributed by atoms with Crippen LogP contribution in [0.4, 0.5) is 5.69 Å². The molecule has 0 unspecified atom stereocenters. The minimum atomic E-state index is -0.196. The summed E-state index contributed by atoms with van der Waals surface area (Å²) in [5, 5.41) is 9.83. The van der Waals surface area contributed by atoms with Crippen molar-refractivity contribution in [2.24, 2.45) is 0 Å². The van der Waals surface area contributed by atoms with E-state index >= 15 is 0 Å². The van der Waals surface area contributed by atoms with Gasteiger partial charge in [-0.05, 0) is 25.1 Å². The number of hydrogen-bond acceptors (Lipinski definition) is 3. The van der Waals surface area contributed by atoms with Crippen molar-refractivity contribution in [3.05, 3.63) is 41.7 Å². The molecule has 0 aliphatic rings. The van der Waals surface area contributed by atoms with Crippen LogP contribution in [0.5, 0.6) is 5.75 Å². The normalized spacial score (nSPS) is 10.2. The van der Waals surface area contributed by atoms with Crippen LogP contribution < -0.4 is 10.1 Å². The fraction of sp³-hybridized carbons (Fsp3) is 0.231. The Kier molecular flexibility index (Phi) is 4.57. The monoisotopic (exact) mass is 323 g/mol. The molecule has 2 rings (SSSR count). The summed E-state index contributed by atoms with van der Waals surface area (Å²) >= 11 is 3.41. The van der Waals surface area contributed by atoms with Crippen molar-refractivity contribution in [1.82, 2.24) is 10.2 Å². The van der Waals surface area contributed by atoms with E-state index < -0.39 is 0 Å². The number of anilines is 1. The number of rotatable bonds is 5. The van der Waals surface area contributed by atoms with Crippen LogP contribution in [-0.4, -0.2) is 22.7 Å². The van der Waals surface area contributed by atoms with Crippen LogP contribution in [0.1, 0.15) is 22.8 Å². The van der Waals surface area contributed by atoms with Crippen molar-refractivity contribution in [3.8, 4) is 5.75 Å². The summed E-state index contributed by atoms with van der Waals surface area (Å²) in [7, 11) is 0. The predicted molar refractivity (Wildman–Crippen MR) is 76.8 cm³/mol. The molecule has 19 heavy (non-hydrogen) atoms. The van der Waals surface area contributed by atoms with E-state index in [9.17, 15) is 4.79 Å². The molecule has 100 valence electrons. The summed E-state index contributed by atoms with van der Waals surface area (Å²) in [6.45, 7) is 2.55. The van der Waals surface area contributed by atoms with Gasteiger partial charge in [0, 0.05) is 22.8 Å². The highest BCUT2D eigenvalue weighted by molar-refractivity contribution is 9.08. The Morgan fingerprint density at radius 3 is 3.00 bits per heavy atom. The maximum Gasteiger partial charge on any atom is 0.258 e. The SMILES string of the molecule is CCOc1ccc(NC(=O)c2cn[nH]c2)cc1CBr. The Morgan fingerprint density at radius 2 is 2.37 bits per heavy atom. The van der Waals surface area contributed by atoms with Crippen molar-refractivity contribution in [3.63, 3.8) is 0 Å². The Balaban J connectivity index is 2.15. The van der Waals surface area contributed by atoms with Crippen molar-refractivity contribution >= 4 is 27.5 Å². The smallest absolute Gasteiger partial charge is 0.258 e. The van der Waals surface area contributed by atoms with Crippen molar-refractivity contribution in [2.45, 2.75) is 12.3 Å². The number of amides is 1. The average Bonchev–Trinajstić information content (AvgIpc) is 2.94. The molecule has 0 saturated heterocycles. The highest BCUT2D eigenvalue weighted by Crippen LogP contribution is 2.25. The second kappa shape index (κ2) is 6.38. The fourth-order valence-corrected chi connectivity index (χ4v) is 2.07. The number of carbonyl (C=O) groups excluding carboxylic acids is 1. The van der Waals surface area contributed by atoms with E-state index in [1.807, 2.05) is 25.1 Å². The number of H-pyrrole nitrogens is 1. The second-order valence-corrected chi connectivity index (χ2v) is 4.39. The van der Waals surface area contributed by atoms with Gasteiger partial charge in [0.25, 0.3) is 5.91 Å². The molecule has 0 aliphatic carbocycles. The lowest BCUT2D eigenvalue weighted by molar-refractivity contribution is 0.102. The first-order chi connectivity index (χ1) is 9.24. The topological polar surface area (TPSA) is 67.0 Å². The van der Waals surface area contributed by atoms with Crippen molar-refractivity contribution in [1.29, 1.82) is 0 Å². The third kappa shape index (κ3) is 3.35. The van der Waals surface area contributed by atoms with Crippen LogP contribution in [0.25, 0.3) is 0 Å². The molecule has 0 bridgehead atoms. The molecular formula is C13H14BrN3O2.